The van der Waals surface area contributed by atoms with Crippen LogP contribution in [0.4, 0.5) is 23.7 Å². The minimum atomic E-state index is -5.10. The number of nitrogens with one attached hydrogen (secondary N) is 3. The van der Waals surface area contributed by atoms with Gasteiger partial charge in [-0.3, -0.25) is 19.4 Å². The topological polar surface area (TPSA) is 209 Å². The van der Waals surface area contributed by atoms with E-state index < -0.39 is 48.2 Å². The predicted octanol–water partition coefficient (Wildman–Crippen LogP) is 7.93. The number of benzene rings is 2. The molecule has 0 radical (unpaired) electrons. The molecule has 0 saturated carbocycles. The average molecular weight is 997 g/mol. The first-order valence-electron chi connectivity index (χ1n) is 23.6. The summed E-state index contributed by atoms with van der Waals surface area (Å²) in [5.74, 6) is -0.661. The van der Waals surface area contributed by atoms with Crippen molar-refractivity contribution in [3.8, 4) is 28.1 Å². The van der Waals surface area contributed by atoms with E-state index >= 15 is 0 Å². The third-order valence-electron chi connectivity index (χ3n) is 13.7. The summed E-state index contributed by atoms with van der Waals surface area (Å²) in [6, 6.07) is 10.6. The summed E-state index contributed by atoms with van der Waals surface area (Å²) in [6.07, 6.45) is -0.416. The largest absolute Gasteiger partial charge is 0.573 e. The van der Waals surface area contributed by atoms with Crippen LogP contribution in [0.5, 0.6) is 5.75 Å². The van der Waals surface area contributed by atoms with Crippen LogP contribution in [-0.2, 0) is 32.1 Å². The molecule has 2 aromatic heterocycles. The molecule has 3 aliphatic heterocycles. The summed E-state index contributed by atoms with van der Waals surface area (Å²) in [5.41, 5.74) is 1.49. The van der Waals surface area contributed by atoms with E-state index in [9.17, 15) is 42.6 Å². The van der Waals surface area contributed by atoms with Crippen molar-refractivity contribution >= 4 is 41.1 Å². The van der Waals surface area contributed by atoms with E-state index in [4.69, 9.17) is 26.1 Å². The zero-order chi connectivity index (χ0) is 50.5. The molecule has 5 heterocycles. The molecule has 5 N–H and O–H groups in total. The Morgan fingerprint density at radius 3 is 2.34 bits per heavy atom. The van der Waals surface area contributed by atoms with Crippen LogP contribution in [0.3, 0.4) is 0 Å². The number of carbonyl (C=O) groups excluding carboxylic acids is 4. The standard InChI is InChI=1S/C50H61ClF3N7O9/c1-28-20-40(61(24-28)46(65)43(59-48(67)68-5)33-15-18-69-19-16-33)44-56-39(26-62)42(58-44)32-8-6-31(7-9-32)36-21-37(51)38(22-41(36)70-50(52,53)54)57-45(64)34-11-13-35(55-23-34)12-10-30-14-17-60(25-29(30)2)47(66)49(3,4)27-63/h6-9,11,13,21-23,28-30,33,40,43,62-63H,10,12,14-20,24-27H2,1-5H3,(H,56,58)(H,57,64)(H,59,67)/t28-,29+,30?,40-,43-/m0/s1. The fraction of sp³-hybridized carbons (Fsp3) is 0.520. The summed E-state index contributed by atoms with van der Waals surface area (Å²) in [5, 5.41) is 25.3. The Kier molecular flexibility index (Phi) is 16.5. The van der Waals surface area contributed by atoms with Gasteiger partial charge in [-0.05, 0) is 99.8 Å². The van der Waals surface area contributed by atoms with Crippen molar-refractivity contribution in [2.24, 2.45) is 29.1 Å². The van der Waals surface area contributed by atoms with Crippen molar-refractivity contribution in [2.45, 2.75) is 91.3 Å². The maximum atomic E-state index is 14.2. The second kappa shape index (κ2) is 22.1. The van der Waals surface area contributed by atoms with E-state index in [0.717, 1.165) is 24.6 Å². The zero-order valence-corrected chi connectivity index (χ0v) is 40.7. The number of likely N-dealkylation sites (tertiary alicyclic amines) is 2. The lowest BCUT2D eigenvalue weighted by atomic mass is 9.82. The van der Waals surface area contributed by atoms with E-state index in [1.807, 2.05) is 11.8 Å². The molecule has 0 aliphatic carbocycles. The highest BCUT2D eigenvalue weighted by Crippen LogP contribution is 2.42. The number of pyridine rings is 1. The number of ether oxygens (including phenoxy) is 3. The van der Waals surface area contributed by atoms with Crippen molar-refractivity contribution in [3.63, 3.8) is 0 Å². The number of amides is 4. The van der Waals surface area contributed by atoms with Crippen LogP contribution in [-0.4, -0.2) is 118 Å². The Labute approximate surface area is 409 Å². The van der Waals surface area contributed by atoms with Crippen molar-refractivity contribution in [2.75, 3.05) is 51.9 Å². The van der Waals surface area contributed by atoms with Crippen molar-refractivity contribution in [3.05, 3.63) is 82.5 Å². The molecule has 2 aromatic carbocycles. The molecular formula is C50H61ClF3N7O9. The van der Waals surface area contributed by atoms with Crippen LogP contribution >= 0.6 is 11.6 Å². The number of nitrogens with zero attached hydrogens (tertiary/aromatic N) is 4. The number of aliphatic hydroxyl groups is 2. The molecule has 4 aromatic rings. The molecule has 16 nitrogen and oxygen atoms in total. The average Bonchev–Trinajstić information content (AvgIpc) is 3.97. The number of aryl methyl sites for hydroxylation is 1. The van der Waals surface area contributed by atoms with Crippen LogP contribution in [0.1, 0.15) is 93.4 Å². The van der Waals surface area contributed by atoms with Crippen LogP contribution in [0.15, 0.2) is 54.7 Å². The Bertz CT molecular complexity index is 2500. The van der Waals surface area contributed by atoms with E-state index in [0.29, 0.717) is 92.8 Å². The summed E-state index contributed by atoms with van der Waals surface area (Å²) >= 11 is 6.63. The van der Waals surface area contributed by atoms with Gasteiger partial charge in [0.25, 0.3) is 5.91 Å². The number of H-pyrrole nitrogens is 1. The molecule has 5 atom stereocenters. The Hall–Kier alpha value is -5.76. The zero-order valence-electron chi connectivity index (χ0n) is 39.9. The highest BCUT2D eigenvalue weighted by molar-refractivity contribution is 6.34. The fourth-order valence-electron chi connectivity index (χ4n) is 9.71. The first kappa shape index (κ1) is 52.1. The number of carbonyl (C=O) groups is 4. The lowest BCUT2D eigenvalue weighted by Gasteiger charge is -2.40. The van der Waals surface area contributed by atoms with Crippen LogP contribution in [0, 0.1) is 29.1 Å². The molecule has 1 unspecified atom stereocenters. The minimum Gasteiger partial charge on any atom is -0.453 e. The number of aromatic amines is 1. The number of methoxy groups -OCH3 is 1. The SMILES string of the molecule is COC(=O)N[C@H](C(=O)N1C[C@@H](C)C[C@H]1c1nc(-c2ccc(-c3cc(Cl)c(NC(=O)c4ccc(CCC5CCN(C(=O)C(C)(C)CO)C[C@H]5C)nc4)cc3OC(F)(F)F)cc2)c(CO)[nH]1)C1CCOCC1. The van der Waals surface area contributed by atoms with Crippen molar-refractivity contribution < 1.29 is 56.8 Å². The quantitative estimate of drug-likeness (QED) is 0.0773. The molecule has 378 valence electrons. The molecule has 3 saturated heterocycles. The van der Waals surface area contributed by atoms with E-state index in [2.05, 4.69) is 32.3 Å². The van der Waals surface area contributed by atoms with Crippen molar-refractivity contribution in [1.82, 2.24) is 30.1 Å². The second-order valence-electron chi connectivity index (χ2n) is 19.3. The summed E-state index contributed by atoms with van der Waals surface area (Å²) < 4.78 is 56.5. The molecule has 4 amide bonds. The summed E-state index contributed by atoms with van der Waals surface area (Å²) in [7, 11) is 1.24. The van der Waals surface area contributed by atoms with Gasteiger partial charge in [-0.2, -0.15) is 0 Å². The number of hydrogen-bond acceptors (Lipinski definition) is 11. The molecule has 0 spiro atoms. The molecule has 3 aliphatic rings. The highest BCUT2D eigenvalue weighted by atomic mass is 35.5. The summed E-state index contributed by atoms with van der Waals surface area (Å²) in [4.78, 5) is 68.9. The van der Waals surface area contributed by atoms with E-state index in [1.165, 1.54) is 19.4 Å². The molecule has 3 fully saturated rings. The normalized spacial score (nSPS) is 20.5. The van der Waals surface area contributed by atoms with Gasteiger partial charge in [0, 0.05) is 61.9 Å². The number of halogens is 4. The monoisotopic (exact) mass is 995 g/mol. The van der Waals surface area contributed by atoms with Crippen molar-refractivity contribution in [1.29, 1.82) is 0 Å². The molecule has 7 rings (SSSR count). The number of alkyl carbamates (subject to hydrolysis) is 1. The van der Waals surface area contributed by atoms with E-state index in [-0.39, 0.29) is 58.0 Å². The third-order valence-corrected chi connectivity index (χ3v) is 14.1. The van der Waals surface area contributed by atoms with Gasteiger partial charge >= 0.3 is 12.5 Å². The fourth-order valence-corrected chi connectivity index (χ4v) is 9.92. The van der Waals surface area contributed by atoms with Gasteiger partial charge in [0.1, 0.15) is 17.6 Å². The van der Waals surface area contributed by atoms with Crippen LogP contribution in [0.2, 0.25) is 5.02 Å². The first-order chi connectivity index (χ1) is 33.3. The Morgan fingerprint density at radius 1 is 1.00 bits per heavy atom. The number of aromatic nitrogens is 3. The summed E-state index contributed by atoms with van der Waals surface area (Å²) in [6.45, 7) is 9.48. The molecule has 20 heteroatoms. The minimum absolute atomic E-state index is 0.0164. The van der Waals surface area contributed by atoms with E-state index in [1.54, 1.807) is 55.1 Å². The van der Waals surface area contributed by atoms with Crippen LogP contribution in [0.25, 0.3) is 22.4 Å². The predicted molar refractivity (Wildman–Crippen MR) is 253 cm³/mol. The van der Waals surface area contributed by atoms with Gasteiger partial charge in [-0.15, -0.1) is 13.2 Å². The lowest BCUT2D eigenvalue weighted by Crippen LogP contribution is -2.53. The van der Waals surface area contributed by atoms with Gasteiger partial charge in [0.2, 0.25) is 11.8 Å². The van der Waals surface area contributed by atoms with Gasteiger partial charge in [-0.25, -0.2) is 9.78 Å². The van der Waals surface area contributed by atoms with Gasteiger partial charge in [0.05, 0.1) is 59.4 Å². The molecule has 0 bridgehead atoms. The van der Waals surface area contributed by atoms with Gasteiger partial charge < -0.3 is 49.8 Å². The number of hydrogen-bond donors (Lipinski definition) is 5. The number of rotatable bonds is 15. The Morgan fingerprint density at radius 2 is 1.71 bits per heavy atom. The maximum Gasteiger partial charge on any atom is 0.573 e. The highest BCUT2D eigenvalue weighted by Gasteiger charge is 2.43. The third kappa shape index (κ3) is 12.2. The molecular weight excluding hydrogens is 935 g/mol. The smallest absolute Gasteiger partial charge is 0.453 e. The number of anilines is 1. The Balaban J connectivity index is 1.04. The first-order valence-corrected chi connectivity index (χ1v) is 24.0. The van der Waals surface area contributed by atoms with Gasteiger partial charge in [0.15, 0.2) is 0 Å². The number of aliphatic hydroxyl groups excluding tert-OH is 2. The number of piperidine rings is 1. The number of imidazole rings is 1. The molecule has 70 heavy (non-hydrogen) atoms. The van der Waals surface area contributed by atoms with Crippen LogP contribution < -0.4 is 15.4 Å². The second-order valence-corrected chi connectivity index (χ2v) is 19.7. The number of alkyl halides is 3. The lowest BCUT2D eigenvalue weighted by molar-refractivity contribution is -0.274. The van der Waals surface area contributed by atoms with Gasteiger partial charge in [-0.1, -0.05) is 49.7 Å². The maximum absolute atomic E-state index is 14.2.